The van der Waals surface area contributed by atoms with Crippen molar-refractivity contribution in [3.8, 4) is 5.75 Å². The Kier molecular flexibility index (Phi) is 10.0. The highest BCUT2D eigenvalue weighted by Crippen LogP contribution is 2.21. The van der Waals surface area contributed by atoms with E-state index in [0.717, 1.165) is 24.8 Å². The quantitative estimate of drug-likeness (QED) is 0.402. The van der Waals surface area contributed by atoms with Gasteiger partial charge in [0.1, 0.15) is 17.6 Å². The number of nitrogens with zero attached hydrogens (tertiary/aromatic N) is 1. The molecule has 1 heterocycles. The minimum absolute atomic E-state index is 0.147. The summed E-state index contributed by atoms with van der Waals surface area (Å²) in [5, 5.41) is 17.0. The summed E-state index contributed by atoms with van der Waals surface area (Å²) in [4.78, 5) is 26.8. The minimum atomic E-state index is -1.21. The number of hydrogen-bond acceptors (Lipinski definition) is 5. The van der Waals surface area contributed by atoms with Crippen molar-refractivity contribution in [1.29, 1.82) is 0 Å². The van der Waals surface area contributed by atoms with Crippen LogP contribution in [0.15, 0.2) is 48.5 Å². The Balaban J connectivity index is 1.72. The summed E-state index contributed by atoms with van der Waals surface area (Å²) < 4.78 is 20.0. The first kappa shape index (κ1) is 26.6. The zero-order chi connectivity index (χ0) is 25.2. The number of rotatable bonds is 12. The molecule has 0 spiro atoms. The van der Waals surface area contributed by atoms with Crippen LogP contribution in [0.2, 0.25) is 0 Å². The average molecular weight is 486 g/mol. The predicted molar refractivity (Wildman–Crippen MR) is 132 cm³/mol. The third-order valence-electron chi connectivity index (χ3n) is 6.09. The zero-order valence-electron chi connectivity index (χ0n) is 20.5. The van der Waals surface area contributed by atoms with Gasteiger partial charge in [-0.2, -0.15) is 0 Å². The van der Waals surface area contributed by atoms with Gasteiger partial charge in [-0.25, -0.2) is 4.39 Å². The van der Waals surface area contributed by atoms with Gasteiger partial charge in [-0.15, -0.1) is 0 Å². The molecule has 190 valence electrons. The average Bonchev–Trinajstić information content (AvgIpc) is 2.82. The Labute approximate surface area is 206 Å². The Hall–Kier alpha value is -2.97. The summed E-state index contributed by atoms with van der Waals surface area (Å²) >= 11 is 0. The van der Waals surface area contributed by atoms with Crippen LogP contribution in [0.4, 0.5) is 4.39 Å². The first-order chi connectivity index (χ1) is 16.9. The molecule has 0 unspecified atom stereocenters. The minimum Gasteiger partial charge on any atom is -0.493 e. The second-order valence-corrected chi connectivity index (χ2v) is 9.03. The van der Waals surface area contributed by atoms with Crippen LogP contribution >= 0.6 is 0 Å². The predicted octanol–water partition coefficient (Wildman–Crippen LogP) is 2.80. The molecule has 8 heteroatoms. The highest BCUT2D eigenvalue weighted by atomic mass is 19.1. The third kappa shape index (κ3) is 8.04. The molecule has 0 aromatic heterocycles. The highest BCUT2D eigenvalue weighted by Gasteiger charge is 2.38. The van der Waals surface area contributed by atoms with Gasteiger partial charge in [-0.05, 0) is 36.1 Å². The summed E-state index contributed by atoms with van der Waals surface area (Å²) in [7, 11) is 0. The van der Waals surface area contributed by atoms with E-state index in [9.17, 15) is 19.1 Å². The van der Waals surface area contributed by atoms with Gasteiger partial charge >= 0.3 is 0 Å². The molecule has 2 aromatic rings. The summed E-state index contributed by atoms with van der Waals surface area (Å²) in [6.07, 6.45) is 1.91. The Morgan fingerprint density at radius 3 is 2.71 bits per heavy atom. The normalized spacial score (nSPS) is 17.7. The maximum atomic E-state index is 14.3. The first-order valence-electron chi connectivity index (χ1n) is 12.3. The van der Waals surface area contributed by atoms with Gasteiger partial charge in [0.25, 0.3) is 0 Å². The van der Waals surface area contributed by atoms with Crippen LogP contribution in [0, 0.1) is 5.82 Å². The number of halogens is 1. The van der Waals surface area contributed by atoms with Gasteiger partial charge in [0, 0.05) is 32.6 Å². The van der Waals surface area contributed by atoms with Crippen molar-refractivity contribution in [3.05, 3.63) is 65.5 Å². The molecule has 7 nitrogen and oxygen atoms in total. The lowest BCUT2D eigenvalue weighted by molar-refractivity contribution is -0.141. The molecular weight excluding hydrogens is 449 g/mol. The maximum Gasteiger partial charge on any atom is 0.242 e. The Morgan fingerprint density at radius 2 is 2.00 bits per heavy atom. The molecule has 35 heavy (non-hydrogen) atoms. The van der Waals surface area contributed by atoms with E-state index in [-0.39, 0.29) is 18.2 Å². The number of unbranched alkanes of at least 4 members (excludes halogenated alkanes) is 2. The monoisotopic (exact) mass is 485 g/mol. The van der Waals surface area contributed by atoms with Crippen LogP contribution in [0.1, 0.15) is 44.2 Å². The fourth-order valence-electron chi connectivity index (χ4n) is 4.35. The summed E-state index contributed by atoms with van der Waals surface area (Å²) in [6, 6.07) is 12.4. The zero-order valence-corrected chi connectivity index (χ0v) is 20.5. The van der Waals surface area contributed by atoms with Crippen molar-refractivity contribution in [2.75, 3.05) is 19.7 Å². The van der Waals surface area contributed by atoms with E-state index in [1.807, 2.05) is 30.3 Å². The lowest BCUT2D eigenvalue weighted by Gasteiger charge is -2.38. The SMILES string of the molecule is CCCCCOc1cc(F)cc(C[C@H](NC(C)=O)[C@H](O)[C@@H]2NCCN(Cc3ccccc3)C2=O)c1. The molecular formula is C27H36FN3O4. The number of hydrogen-bond donors (Lipinski definition) is 3. The number of carbonyl (C=O) groups is 2. The molecule has 0 bridgehead atoms. The van der Waals surface area contributed by atoms with E-state index < -0.39 is 24.0 Å². The van der Waals surface area contributed by atoms with Crippen LogP contribution in [0.25, 0.3) is 0 Å². The number of carbonyl (C=O) groups excluding carboxylic acids is 2. The molecule has 2 amide bonds. The van der Waals surface area contributed by atoms with E-state index in [1.165, 1.54) is 19.1 Å². The molecule has 3 rings (SSSR count). The summed E-state index contributed by atoms with van der Waals surface area (Å²) in [5.74, 6) is -0.619. The highest BCUT2D eigenvalue weighted by molar-refractivity contribution is 5.83. The number of ether oxygens (including phenoxy) is 1. The molecule has 1 saturated heterocycles. The van der Waals surface area contributed by atoms with Crippen molar-refractivity contribution in [1.82, 2.24) is 15.5 Å². The number of aliphatic hydroxyl groups is 1. The number of benzene rings is 2. The van der Waals surface area contributed by atoms with Crippen molar-refractivity contribution < 1.29 is 23.8 Å². The molecule has 1 aliphatic heterocycles. The molecule has 0 saturated carbocycles. The maximum absolute atomic E-state index is 14.3. The van der Waals surface area contributed by atoms with Gasteiger partial charge in [0.15, 0.2) is 0 Å². The van der Waals surface area contributed by atoms with Crippen molar-refractivity contribution >= 4 is 11.8 Å². The number of aliphatic hydroxyl groups excluding tert-OH is 1. The fraction of sp³-hybridized carbons (Fsp3) is 0.481. The smallest absolute Gasteiger partial charge is 0.242 e. The fourth-order valence-corrected chi connectivity index (χ4v) is 4.35. The lowest BCUT2D eigenvalue weighted by atomic mass is 9.94. The number of nitrogens with one attached hydrogen (secondary N) is 2. The van der Waals surface area contributed by atoms with E-state index in [2.05, 4.69) is 17.6 Å². The lowest BCUT2D eigenvalue weighted by Crippen LogP contribution is -2.63. The second-order valence-electron chi connectivity index (χ2n) is 9.03. The van der Waals surface area contributed by atoms with E-state index in [1.54, 1.807) is 11.0 Å². The molecule has 1 fully saturated rings. The van der Waals surface area contributed by atoms with Crippen LogP contribution in [0.5, 0.6) is 5.75 Å². The molecule has 3 atom stereocenters. The molecule has 2 aromatic carbocycles. The largest absolute Gasteiger partial charge is 0.493 e. The van der Waals surface area contributed by atoms with Crippen LogP contribution < -0.4 is 15.4 Å². The van der Waals surface area contributed by atoms with Crippen LogP contribution in [-0.4, -0.2) is 59.7 Å². The standard InChI is InChI=1S/C27H36FN3O4/c1-3-4-8-13-35-23-15-21(14-22(28)17-23)16-24(30-19(2)32)26(33)25-27(34)31(12-11-29-25)18-20-9-6-5-7-10-20/h5-7,9-10,14-15,17,24-26,29,33H,3-4,8,11-13,16,18H2,1-2H3,(H,30,32)/t24-,25-,26-/m0/s1. The van der Waals surface area contributed by atoms with E-state index in [0.29, 0.717) is 37.6 Å². The topological polar surface area (TPSA) is 90.9 Å². The van der Waals surface area contributed by atoms with Gasteiger partial charge in [0.05, 0.1) is 18.8 Å². The second kappa shape index (κ2) is 13.2. The van der Waals surface area contributed by atoms with Crippen LogP contribution in [-0.2, 0) is 22.6 Å². The molecule has 3 N–H and O–H groups in total. The van der Waals surface area contributed by atoms with Crippen molar-refractivity contribution in [2.24, 2.45) is 0 Å². The molecule has 0 radical (unpaired) electrons. The third-order valence-corrected chi connectivity index (χ3v) is 6.09. The van der Waals surface area contributed by atoms with Crippen molar-refractivity contribution in [3.63, 3.8) is 0 Å². The Morgan fingerprint density at radius 1 is 1.23 bits per heavy atom. The van der Waals surface area contributed by atoms with Crippen LogP contribution in [0.3, 0.4) is 0 Å². The molecule has 1 aliphatic rings. The van der Waals surface area contributed by atoms with Gasteiger partial charge in [0.2, 0.25) is 11.8 Å². The molecule has 0 aliphatic carbocycles. The summed E-state index contributed by atoms with van der Waals surface area (Å²) in [5.41, 5.74) is 1.57. The van der Waals surface area contributed by atoms with E-state index in [4.69, 9.17) is 4.74 Å². The van der Waals surface area contributed by atoms with E-state index >= 15 is 0 Å². The first-order valence-corrected chi connectivity index (χ1v) is 12.3. The number of amides is 2. The summed E-state index contributed by atoms with van der Waals surface area (Å²) in [6.45, 7) is 5.42. The number of piperazine rings is 1. The van der Waals surface area contributed by atoms with Gasteiger partial charge in [-0.1, -0.05) is 50.1 Å². The Bertz CT molecular complexity index is 972. The van der Waals surface area contributed by atoms with Gasteiger partial charge in [-0.3, -0.25) is 9.59 Å². The van der Waals surface area contributed by atoms with Crippen molar-refractivity contribution in [2.45, 2.75) is 64.3 Å². The van der Waals surface area contributed by atoms with Gasteiger partial charge < -0.3 is 25.4 Å².